The number of nitrogens with one attached hydrogen (secondary N) is 2. The van der Waals surface area contributed by atoms with Crippen molar-refractivity contribution < 1.29 is 19.8 Å². The molecule has 2 amide bonds. The van der Waals surface area contributed by atoms with Gasteiger partial charge in [0.25, 0.3) is 0 Å². The van der Waals surface area contributed by atoms with Crippen molar-refractivity contribution in [1.29, 1.82) is 0 Å². The van der Waals surface area contributed by atoms with Crippen LogP contribution in [-0.4, -0.2) is 121 Å². The maximum Gasteiger partial charge on any atom is 0.243 e. The van der Waals surface area contributed by atoms with Crippen molar-refractivity contribution in [3.63, 3.8) is 0 Å². The SMILES string of the molecule is C[NH+]1C(CCC(=O)N2CCN(C3CCCC[NH2+]3)CC2)CNC(=O)C2C1CCN2CC1CCCS1. The van der Waals surface area contributed by atoms with Crippen LogP contribution in [0.25, 0.3) is 0 Å². The van der Waals surface area contributed by atoms with Gasteiger partial charge in [-0.3, -0.25) is 19.4 Å². The molecular formula is C25H46N6O2S+2. The van der Waals surface area contributed by atoms with Gasteiger partial charge in [-0.1, -0.05) is 0 Å². The maximum absolute atomic E-state index is 13.1. The van der Waals surface area contributed by atoms with Gasteiger partial charge in [0.15, 0.2) is 0 Å². The summed E-state index contributed by atoms with van der Waals surface area (Å²) in [5, 5.41) is 6.44. The van der Waals surface area contributed by atoms with E-state index in [0.29, 0.717) is 42.4 Å². The van der Waals surface area contributed by atoms with E-state index in [1.807, 2.05) is 0 Å². The molecule has 0 radical (unpaired) electrons. The van der Waals surface area contributed by atoms with Gasteiger partial charge in [-0.15, -0.1) is 0 Å². The molecule has 0 aromatic rings. The molecule has 6 atom stereocenters. The molecule has 0 bridgehead atoms. The predicted octanol–water partition coefficient (Wildman–Crippen LogP) is -1.66. The van der Waals surface area contributed by atoms with Gasteiger partial charge < -0.3 is 20.4 Å². The second-order valence-electron chi connectivity index (χ2n) is 11.2. The molecule has 5 aliphatic rings. The van der Waals surface area contributed by atoms with Crippen LogP contribution in [0.15, 0.2) is 0 Å². The van der Waals surface area contributed by atoms with E-state index >= 15 is 0 Å². The first-order valence-corrected chi connectivity index (χ1v) is 15.0. The third-order valence-electron chi connectivity index (χ3n) is 9.22. The van der Waals surface area contributed by atoms with Gasteiger partial charge >= 0.3 is 0 Å². The van der Waals surface area contributed by atoms with Crippen LogP contribution in [0.5, 0.6) is 0 Å². The number of rotatable bonds is 6. The Morgan fingerprint density at radius 2 is 1.97 bits per heavy atom. The summed E-state index contributed by atoms with van der Waals surface area (Å²) in [6.07, 6.45) is 9.76. The molecule has 5 rings (SSSR count). The molecule has 4 N–H and O–H groups in total. The highest BCUT2D eigenvalue weighted by molar-refractivity contribution is 8.00. The minimum absolute atomic E-state index is 0.00608. The van der Waals surface area contributed by atoms with E-state index in [9.17, 15) is 9.59 Å². The molecule has 5 heterocycles. The molecule has 34 heavy (non-hydrogen) atoms. The number of amides is 2. The van der Waals surface area contributed by atoms with Crippen molar-refractivity contribution in [3.05, 3.63) is 0 Å². The van der Waals surface area contributed by atoms with Crippen LogP contribution < -0.4 is 15.5 Å². The fraction of sp³-hybridized carbons (Fsp3) is 0.920. The number of nitrogens with two attached hydrogens (primary N) is 1. The number of quaternary nitrogens is 2. The van der Waals surface area contributed by atoms with E-state index in [2.05, 4.69) is 44.1 Å². The standard InChI is InChI=1S/C25H44N6O2S/c1-28-19(7-8-23(32)30-14-12-29(13-15-30)22-6-2-3-10-26-22)17-27-25(33)24-21(28)9-11-31(24)18-20-5-4-16-34-20/h19-22,24,26H,2-18H2,1H3,(H,27,33)/p+2. The molecule has 192 valence electrons. The molecule has 0 aromatic heterocycles. The Bertz CT molecular complexity index is 706. The molecule has 5 fully saturated rings. The number of likely N-dealkylation sites (N-methyl/N-ethyl adjacent to an activating group) is 1. The summed E-state index contributed by atoms with van der Waals surface area (Å²) < 4.78 is 0. The topological polar surface area (TPSA) is 76.9 Å². The second-order valence-corrected chi connectivity index (χ2v) is 12.6. The van der Waals surface area contributed by atoms with Gasteiger partial charge in [0.2, 0.25) is 11.8 Å². The summed E-state index contributed by atoms with van der Waals surface area (Å²) in [6.45, 7) is 7.79. The van der Waals surface area contributed by atoms with Crippen molar-refractivity contribution in [2.45, 2.75) is 80.9 Å². The molecule has 6 unspecified atom stereocenters. The lowest BCUT2D eigenvalue weighted by molar-refractivity contribution is -0.928. The Labute approximate surface area is 209 Å². The Hall–Kier alpha value is -0.870. The van der Waals surface area contributed by atoms with Gasteiger partial charge in [-0.05, 0) is 31.4 Å². The van der Waals surface area contributed by atoms with Crippen molar-refractivity contribution in [1.82, 2.24) is 20.0 Å². The Morgan fingerprint density at radius 3 is 2.71 bits per heavy atom. The third-order valence-corrected chi connectivity index (χ3v) is 10.6. The molecule has 5 saturated heterocycles. The van der Waals surface area contributed by atoms with Crippen molar-refractivity contribution >= 4 is 23.6 Å². The fourth-order valence-electron chi connectivity index (χ4n) is 7.07. The highest BCUT2D eigenvalue weighted by Crippen LogP contribution is 2.29. The van der Waals surface area contributed by atoms with E-state index < -0.39 is 0 Å². The lowest BCUT2D eigenvalue weighted by Crippen LogP contribution is -3.18. The molecule has 0 saturated carbocycles. The first-order valence-electron chi connectivity index (χ1n) is 13.9. The quantitative estimate of drug-likeness (QED) is 0.412. The van der Waals surface area contributed by atoms with Crippen LogP contribution in [0.1, 0.15) is 51.4 Å². The van der Waals surface area contributed by atoms with Gasteiger partial charge in [-0.25, -0.2) is 0 Å². The summed E-state index contributed by atoms with van der Waals surface area (Å²) in [5.41, 5.74) is 0. The zero-order valence-corrected chi connectivity index (χ0v) is 21.9. The number of piperidine rings is 1. The maximum atomic E-state index is 13.1. The summed E-state index contributed by atoms with van der Waals surface area (Å²) in [4.78, 5) is 34.7. The van der Waals surface area contributed by atoms with Crippen LogP contribution >= 0.6 is 11.8 Å². The zero-order chi connectivity index (χ0) is 23.5. The zero-order valence-electron chi connectivity index (χ0n) is 21.1. The number of carbonyl (C=O) groups is 2. The van der Waals surface area contributed by atoms with Gasteiger partial charge in [0, 0.05) is 70.2 Å². The van der Waals surface area contributed by atoms with Crippen molar-refractivity contribution in [2.24, 2.45) is 0 Å². The van der Waals surface area contributed by atoms with Gasteiger partial charge in [0.05, 0.1) is 20.1 Å². The van der Waals surface area contributed by atoms with Crippen LogP contribution in [0.2, 0.25) is 0 Å². The number of fused-ring (bicyclic) bond motifs is 1. The molecule has 0 aliphatic carbocycles. The van der Waals surface area contributed by atoms with Crippen LogP contribution in [0.3, 0.4) is 0 Å². The van der Waals surface area contributed by atoms with E-state index in [4.69, 9.17) is 0 Å². The van der Waals surface area contributed by atoms with Crippen molar-refractivity contribution in [3.8, 4) is 0 Å². The second kappa shape index (κ2) is 11.5. The van der Waals surface area contributed by atoms with E-state index in [-0.39, 0.29) is 11.9 Å². The average molecular weight is 495 g/mol. The summed E-state index contributed by atoms with van der Waals surface area (Å²) in [6, 6.07) is 0.678. The number of hydrogen-bond acceptors (Lipinski definition) is 5. The molecule has 9 heteroatoms. The van der Waals surface area contributed by atoms with E-state index in [1.54, 1.807) is 0 Å². The summed E-state index contributed by atoms with van der Waals surface area (Å²) in [5.74, 6) is 1.79. The number of piperazine rings is 1. The first kappa shape index (κ1) is 24.8. The molecular weight excluding hydrogens is 448 g/mol. The fourth-order valence-corrected chi connectivity index (χ4v) is 8.37. The smallest absolute Gasteiger partial charge is 0.243 e. The molecule has 5 aliphatic heterocycles. The molecule has 8 nitrogen and oxygen atoms in total. The van der Waals surface area contributed by atoms with Crippen LogP contribution in [0, 0.1) is 0 Å². The highest BCUT2D eigenvalue weighted by atomic mass is 32.2. The average Bonchev–Trinajstić information content (AvgIpc) is 3.52. The molecule has 0 aromatic carbocycles. The Balaban J connectivity index is 1.10. The first-order chi connectivity index (χ1) is 16.6. The van der Waals surface area contributed by atoms with Crippen LogP contribution in [0.4, 0.5) is 0 Å². The number of thioether (sulfide) groups is 1. The van der Waals surface area contributed by atoms with Gasteiger partial charge in [-0.2, -0.15) is 11.8 Å². The normalized spacial score (nSPS) is 37.9. The van der Waals surface area contributed by atoms with Crippen molar-refractivity contribution in [2.75, 3.05) is 65.2 Å². The lowest BCUT2D eigenvalue weighted by Gasteiger charge is -2.39. The molecule has 0 spiro atoms. The largest absolute Gasteiger partial charge is 0.349 e. The van der Waals surface area contributed by atoms with E-state index in [0.717, 1.165) is 52.1 Å². The minimum Gasteiger partial charge on any atom is -0.349 e. The monoisotopic (exact) mass is 494 g/mol. The van der Waals surface area contributed by atoms with E-state index in [1.165, 1.54) is 49.3 Å². The summed E-state index contributed by atoms with van der Waals surface area (Å²) >= 11 is 2.08. The lowest BCUT2D eigenvalue weighted by atomic mass is 10.0. The van der Waals surface area contributed by atoms with Gasteiger partial charge in [0.1, 0.15) is 24.3 Å². The summed E-state index contributed by atoms with van der Waals surface area (Å²) in [7, 11) is 2.26. The number of carbonyl (C=O) groups excluding carboxylic acids is 2. The Kier molecular flexibility index (Phi) is 8.36. The number of nitrogens with zero attached hydrogens (tertiary/aromatic N) is 3. The predicted molar refractivity (Wildman–Crippen MR) is 135 cm³/mol. The third kappa shape index (κ3) is 5.59. The minimum atomic E-state index is 0.00608. The number of likely N-dealkylation sites (tertiary alicyclic amines) is 1. The highest BCUT2D eigenvalue weighted by Gasteiger charge is 2.48. The number of hydrogen-bond donors (Lipinski definition) is 3. The van der Waals surface area contributed by atoms with Crippen LogP contribution in [-0.2, 0) is 9.59 Å². The Morgan fingerprint density at radius 1 is 1.12 bits per heavy atom.